The van der Waals surface area contributed by atoms with Crippen molar-refractivity contribution in [3.63, 3.8) is 0 Å². The molecular weight excluding hydrogens is 340 g/mol. The van der Waals surface area contributed by atoms with E-state index in [1.807, 2.05) is 0 Å². The lowest BCUT2D eigenvalue weighted by Gasteiger charge is -2.13. The van der Waals surface area contributed by atoms with Crippen LogP contribution in [0.5, 0.6) is 0 Å². The maximum Gasteiger partial charge on any atom is 0.328 e. The summed E-state index contributed by atoms with van der Waals surface area (Å²) in [6.07, 6.45) is 0.0190. The average molecular weight is 357 g/mol. The molecule has 114 valence electrons. The number of aliphatic carboxylic acids is 1. The van der Waals surface area contributed by atoms with E-state index in [9.17, 15) is 14.7 Å². The van der Waals surface area contributed by atoms with E-state index >= 15 is 0 Å². The third-order valence-electron chi connectivity index (χ3n) is 3.62. The number of fused-ring (bicyclic) bond motifs is 1. The van der Waals surface area contributed by atoms with Crippen LogP contribution >= 0.6 is 15.9 Å². The standard InChI is InChI=1S/C14H17BrN2O4/c1-16-10-6-8(12(18)4-3-5-13(19)20)9(15)7-11(10)17(2)14(16)21/h6-7,12,18H,3-5H2,1-2H3,(H,19,20). The minimum absolute atomic E-state index is 0.0285. The number of hydrogen-bond acceptors (Lipinski definition) is 3. The first-order valence-corrected chi connectivity index (χ1v) is 7.37. The van der Waals surface area contributed by atoms with Crippen LogP contribution in [0.15, 0.2) is 21.4 Å². The summed E-state index contributed by atoms with van der Waals surface area (Å²) < 4.78 is 3.77. The molecule has 0 bridgehead atoms. The van der Waals surface area contributed by atoms with Gasteiger partial charge in [0, 0.05) is 25.0 Å². The fraction of sp³-hybridized carbons (Fsp3) is 0.429. The van der Waals surface area contributed by atoms with Gasteiger partial charge in [-0.3, -0.25) is 13.9 Å². The van der Waals surface area contributed by atoms with Crippen LogP contribution in [-0.4, -0.2) is 25.3 Å². The first-order valence-electron chi connectivity index (χ1n) is 6.57. The van der Waals surface area contributed by atoms with E-state index < -0.39 is 12.1 Å². The van der Waals surface area contributed by atoms with Crippen molar-refractivity contribution < 1.29 is 15.0 Å². The smallest absolute Gasteiger partial charge is 0.328 e. The molecule has 0 saturated heterocycles. The van der Waals surface area contributed by atoms with E-state index in [1.54, 1.807) is 30.8 Å². The van der Waals surface area contributed by atoms with Gasteiger partial charge in [-0.15, -0.1) is 0 Å². The number of aliphatic hydroxyl groups excluding tert-OH is 1. The molecule has 1 unspecified atom stereocenters. The van der Waals surface area contributed by atoms with Crippen molar-refractivity contribution in [2.75, 3.05) is 0 Å². The van der Waals surface area contributed by atoms with Crippen molar-refractivity contribution in [2.45, 2.75) is 25.4 Å². The van der Waals surface area contributed by atoms with E-state index in [0.29, 0.717) is 22.9 Å². The van der Waals surface area contributed by atoms with Crippen LogP contribution in [0.4, 0.5) is 0 Å². The first kappa shape index (κ1) is 15.8. The van der Waals surface area contributed by atoms with Crippen LogP contribution in [0.2, 0.25) is 0 Å². The van der Waals surface area contributed by atoms with Gasteiger partial charge in [0.1, 0.15) is 0 Å². The summed E-state index contributed by atoms with van der Waals surface area (Å²) in [4.78, 5) is 22.4. The van der Waals surface area contributed by atoms with Crippen molar-refractivity contribution in [1.29, 1.82) is 0 Å². The van der Waals surface area contributed by atoms with Crippen LogP contribution in [0.1, 0.15) is 30.9 Å². The van der Waals surface area contributed by atoms with Gasteiger partial charge in [-0.1, -0.05) is 15.9 Å². The largest absolute Gasteiger partial charge is 0.481 e. The summed E-state index contributed by atoms with van der Waals surface area (Å²) in [6, 6.07) is 3.57. The number of hydrogen-bond donors (Lipinski definition) is 2. The third-order valence-corrected chi connectivity index (χ3v) is 4.30. The van der Waals surface area contributed by atoms with Crippen molar-refractivity contribution in [3.8, 4) is 0 Å². The molecule has 1 aromatic heterocycles. The van der Waals surface area contributed by atoms with E-state index in [4.69, 9.17) is 5.11 Å². The lowest BCUT2D eigenvalue weighted by Crippen LogP contribution is -2.19. The fourth-order valence-corrected chi connectivity index (χ4v) is 2.99. The molecule has 0 spiro atoms. The van der Waals surface area contributed by atoms with Crippen LogP contribution in [-0.2, 0) is 18.9 Å². The normalized spacial score (nSPS) is 12.8. The van der Waals surface area contributed by atoms with Gasteiger partial charge in [-0.05, 0) is 30.5 Å². The van der Waals surface area contributed by atoms with Crippen molar-refractivity contribution in [2.24, 2.45) is 14.1 Å². The molecule has 21 heavy (non-hydrogen) atoms. The predicted octanol–water partition coefficient (Wildman–Crippen LogP) is 1.93. The van der Waals surface area contributed by atoms with E-state index in [-0.39, 0.29) is 12.1 Å². The molecule has 2 rings (SSSR count). The molecule has 0 saturated carbocycles. The maximum absolute atomic E-state index is 11.9. The Morgan fingerprint density at radius 2 is 1.86 bits per heavy atom. The van der Waals surface area contributed by atoms with Gasteiger partial charge in [0.25, 0.3) is 0 Å². The minimum Gasteiger partial charge on any atom is -0.481 e. The lowest BCUT2D eigenvalue weighted by molar-refractivity contribution is -0.137. The average Bonchev–Trinajstić information content (AvgIpc) is 2.62. The Hall–Kier alpha value is -1.60. The van der Waals surface area contributed by atoms with Crippen LogP contribution in [0.25, 0.3) is 11.0 Å². The maximum atomic E-state index is 11.9. The number of carboxylic acids is 1. The number of nitrogens with zero attached hydrogens (tertiary/aromatic N) is 2. The molecule has 7 heteroatoms. The van der Waals surface area contributed by atoms with Gasteiger partial charge in [-0.25, -0.2) is 4.79 Å². The fourth-order valence-electron chi connectivity index (χ4n) is 2.39. The number of aryl methyl sites for hydroxylation is 2. The summed E-state index contributed by atoms with van der Waals surface area (Å²) >= 11 is 3.41. The Bertz CT molecular complexity index is 747. The molecule has 2 N–H and O–H groups in total. The summed E-state index contributed by atoms with van der Waals surface area (Å²) in [5.41, 5.74) is 2.04. The second-order valence-electron chi connectivity index (χ2n) is 5.06. The molecule has 0 aliphatic rings. The lowest BCUT2D eigenvalue weighted by atomic mass is 10.0. The number of aromatic nitrogens is 2. The van der Waals surface area contributed by atoms with Gasteiger partial charge in [-0.2, -0.15) is 0 Å². The Labute approximate surface area is 129 Å². The van der Waals surface area contributed by atoms with Gasteiger partial charge in [0.15, 0.2) is 0 Å². The van der Waals surface area contributed by atoms with Gasteiger partial charge < -0.3 is 10.2 Å². The van der Waals surface area contributed by atoms with E-state index in [1.165, 1.54) is 4.57 Å². The monoisotopic (exact) mass is 356 g/mol. The summed E-state index contributed by atoms with van der Waals surface area (Å²) in [5, 5.41) is 18.9. The molecule has 0 aliphatic carbocycles. The van der Waals surface area contributed by atoms with E-state index in [2.05, 4.69) is 15.9 Å². The quantitative estimate of drug-likeness (QED) is 0.857. The predicted molar refractivity (Wildman–Crippen MR) is 82.3 cm³/mol. The molecule has 1 atom stereocenters. The Morgan fingerprint density at radius 3 is 2.43 bits per heavy atom. The van der Waals surface area contributed by atoms with Crippen LogP contribution < -0.4 is 5.69 Å². The minimum atomic E-state index is -0.873. The van der Waals surface area contributed by atoms with Gasteiger partial charge in [0.2, 0.25) is 0 Å². The number of benzene rings is 1. The number of carboxylic acid groups (broad SMARTS) is 1. The number of imidazole rings is 1. The summed E-state index contributed by atoms with van der Waals surface area (Å²) in [5.74, 6) is -0.873. The Morgan fingerprint density at radius 1 is 1.29 bits per heavy atom. The van der Waals surface area contributed by atoms with Crippen molar-refractivity contribution in [3.05, 3.63) is 32.7 Å². The molecule has 2 aromatic rings. The summed E-state index contributed by atoms with van der Waals surface area (Å²) in [7, 11) is 3.37. The second-order valence-corrected chi connectivity index (χ2v) is 5.92. The second kappa shape index (κ2) is 6.03. The zero-order chi connectivity index (χ0) is 15.7. The molecule has 0 aliphatic heterocycles. The highest BCUT2D eigenvalue weighted by Crippen LogP contribution is 2.30. The highest BCUT2D eigenvalue weighted by molar-refractivity contribution is 9.10. The van der Waals surface area contributed by atoms with Crippen molar-refractivity contribution in [1.82, 2.24) is 9.13 Å². The van der Waals surface area contributed by atoms with E-state index in [0.717, 1.165) is 11.0 Å². The zero-order valence-corrected chi connectivity index (χ0v) is 13.4. The first-order chi connectivity index (χ1) is 9.82. The Balaban J connectivity index is 2.36. The zero-order valence-electron chi connectivity index (χ0n) is 11.8. The molecule has 0 radical (unpaired) electrons. The van der Waals surface area contributed by atoms with Gasteiger partial charge in [0.05, 0.1) is 17.1 Å². The Kier molecular flexibility index (Phi) is 4.53. The van der Waals surface area contributed by atoms with Crippen molar-refractivity contribution >= 4 is 32.9 Å². The molecule has 1 aromatic carbocycles. The highest BCUT2D eigenvalue weighted by atomic mass is 79.9. The molecular formula is C14H17BrN2O4. The topological polar surface area (TPSA) is 84.5 Å². The van der Waals surface area contributed by atoms with Crippen LogP contribution in [0.3, 0.4) is 0 Å². The molecule has 0 amide bonds. The van der Waals surface area contributed by atoms with Crippen LogP contribution in [0, 0.1) is 0 Å². The third kappa shape index (κ3) is 3.03. The number of aliphatic hydroxyl groups is 1. The number of carbonyl (C=O) groups is 1. The molecule has 1 heterocycles. The highest BCUT2D eigenvalue weighted by Gasteiger charge is 2.16. The summed E-state index contributed by atoms with van der Waals surface area (Å²) in [6.45, 7) is 0. The van der Waals surface area contributed by atoms with Gasteiger partial charge >= 0.3 is 11.7 Å². The molecule has 6 nitrogen and oxygen atoms in total. The SMILES string of the molecule is Cn1c(=O)n(C)c2cc(C(O)CCCC(=O)O)c(Br)cc21. The number of rotatable bonds is 5. The number of halogens is 1. The molecule has 0 fully saturated rings.